The molecule has 0 spiro atoms. The number of nitrogens with two attached hydrogens (primary N) is 1. The van der Waals surface area contributed by atoms with E-state index >= 15 is 0 Å². The Morgan fingerprint density at radius 2 is 2.14 bits per heavy atom. The van der Waals surface area contributed by atoms with Crippen LogP contribution >= 0.6 is 0 Å². The lowest BCUT2D eigenvalue weighted by Crippen LogP contribution is -2.23. The van der Waals surface area contributed by atoms with Gasteiger partial charge in [-0.15, -0.1) is 0 Å². The molecule has 0 bridgehead atoms. The van der Waals surface area contributed by atoms with Crippen LogP contribution in [0.15, 0.2) is 42.6 Å². The highest BCUT2D eigenvalue weighted by atomic mass is 16.5. The second-order valence-corrected chi connectivity index (χ2v) is 4.76. The lowest BCUT2D eigenvalue weighted by molar-refractivity contribution is 0.0601. The van der Waals surface area contributed by atoms with Gasteiger partial charge in [-0.05, 0) is 30.3 Å². The second kappa shape index (κ2) is 6.74. The number of carbonyl (C=O) groups excluding carboxylic acids is 1. The maximum atomic E-state index is 11.8. The third-order valence-corrected chi connectivity index (χ3v) is 3.27. The van der Waals surface area contributed by atoms with Crippen LogP contribution in [0.5, 0.6) is 0 Å². The van der Waals surface area contributed by atoms with Gasteiger partial charge in [-0.25, -0.2) is 4.79 Å². The lowest BCUT2D eigenvalue weighted by atomic mass is 10.1. The van der Waals surface area contributed by atoms with Crippen LogP contribution in [0.3, 0.4) is 0 Å². The van der Waals surface area contributed by atoms with E-state index in [0.29, 0.717) is 11.3 Å². The van der Waals surface area contributed by atoms with E-state index in [4.69, 9.17) is 10.5 Å². The first-order chi connectivity index (χ1) is 10.1. The Morgan fingerprint density at radius 1 is 1.33 bits per heavy atom. The van der Waals surface area contributed by atoms with Gasteiger partial charge in [0.05, 0.1) is 18.4 Å². The number of esters is 1. The molecule has 0 radical (unpaired) electrons. The van der Waals surface area contributed by atoms with Crippen molar-refractivity contribution in [3.63, 3.8) is 0 Å². The standard InChI is InChI=1S/C16H19N3O2/c1-19(10-8-13-5-3-4-9-18-13)15-7-6-12(17)11-14(15)16(20)21-2/h3-7,9,11H,8,10,17H2,1-2H3. The number of pyridine rings is 1. The van der Waals surface area contributed by atoms with Crippen LogP contribution < -0.4 is 10.6 Å². The van der Waals surface area contributed by atoms with E-state index in [1.807, 2.05) is 36.2 Å². The molecule has 1 aromatic heterocycles. The quantitative estimate of drug-likeness (QED) is 0.673. The minimum absolute atomic E-state index is 0.387. The van der Waals surface area contributed by atoms with Crippen LogP contribution in [0, 0.1) is 0 Å². The van der Waals surface area contributed by atoms with Crippen LogP contribution in [-0.2, 0) is 11.2 Å². The van der Waals surface area contributed by atoms with Gasteiger partial charge >= 0.3 is 5.97 Å². The number of hydrogen-bond acceptors (Lipinski definition) is 5. The number of benzene rings is 1. The largest absolute Gasteiger partial charge is 0.465 e. The van der Waals surface area contributed by atoms with Gasteiger partial charge in [-0.1, -0.05) is 6.07 Å². The van der Waals surface area contributed by atoms with E-state index in [1.54, 1.807) is 18.3 Å². The van der Waals surface area contributed by atoms with Crippen molar-refractivity contribution >= 4 is 17.3 Å². The number of aromatic nitrogens is 1. The molecule has 110 valence electrons. The van der Waals surface area contributed by atoms with Gasteiger partial charge in [0.2, 0.25) is 0 Å². The number of rotatable bonds is 5. The molecule has 5 heteroatoms. The molecule has 0 aliphatic carbocycles. The van der Waals surface area contributed by atoms with Crippen LogP contribution in [0.25, 0.3) is 0 Å². The van der Waals surface area contributed by atoms with Crippen molar-refractivity contribution in [2.24, 2.45) is 0 Å². The molecule has 2 rings (SSSR count). The fourth-order valence-corrected chi connectivity index (χ4v) is 2.11. The highest BCUT2D eigenvalue weighted by Gasteiger charge is 2.15. The molecule has 0 aliphatic rings. The maximum Gasteiger partial charge on any atom is 0.340 e. The van der Waals surface area contributed by atoms with Crippen molar-refractivity contribution in [2.45, 2.75) is 6.42 Å². The van der Waals surface area contributed by atoms with Crippen molar-refractivity contribution < 1.29 is 9.53 Å². The zero-order chi connectivity index (χ0) is 15.2. The van der Waals surface area contributed by atoms with E-state index in [-0.39, 0.29) is 5.97 Å². The smallest absolute Gasteiger partial charge is 0.340 e. The molecule has 1 heterocycles. The zero-order valence-electron chi connectivity index (χ0n) is 12.2. The molecular weight excluding hydrogens is 266 g/mol. The van der Waals surface area contributed by atoms with E-state index in [0.717, 1.165) is 24.3 Å². The third-order valence-electron chi connectivity index (χ3n) is 3.27. The molecule has 1 aromatic carbocycles. The summed E-state index contributed by atoms with van der Waals surface area (Å²) in [6.45, 7) is 0.741. The van der Waals surface area contributed by atoms with Gasteiger partial charge in [0.1, 0.15) is 0 Å². The Morgan fingerprint density at radius 3 is 2.81 bits per heavy atom. The molecular formula is C16H19N3O2. The molecule has 21 heavy (non-hydrogen) atoms. The summed E-state index contributed by atoms with van der Waals surface area (Å²) < 4.78 is 4.81. The number of methoxy groups -OCH3 is 1. The molecule has 2 aromatic rings. The van der Waals surface area contributed by atoms with Gasteiger partial charge in [0.25, 0.3) is 0 Å². The number of nitrogen functional groups attached to an aromatic ring is 1. The molecule has 0 saturated heterocycles. The third kappa shape index (κ3) is 3.72. The zero-order valence-corrected chi connectivity index (χ0v) is 12.2. The van der Waals surface area contributed by atoms with Crippen molar-refractivity contribution in [2.75, 3.05) is 31.3 Å². The number of nitrogens with zero attached hydrogens (tertiary/aromatic N) is 2. The second-order valence-electron chi connectivity index (χ2n) is 4.76. The highest BCUT2D eigenvalue weighted by molar-refractivity contribution is 5.96. The molecule has 0 amide bonds. The summed E-state index contributed by atoms with van der Waals surface area (Å²) in [5.74, 6) is -0.387. The van der Waals surface area contributed by atoms with Gasteiger partial charge in [0.15, 0.2) is 0 Å². The highest BCUT2D eigenvalue weighted by Crippen LogP contribution is 2.23. The van der Waals surface area contributed by atoms with Gasteiger partial charge in [-0.3, -0.25) is 4.98 Å². The summed E-state index contributed by atoms with van der Waals surface area (Å²) in [6.07, 6.45) is 2.57. The van der Waals surface area contributed by atoms with Crippen LogP contribution in [0.4, 0.5) is 11.4 Å². The molecule has 0 saturated carbocycles. The average molecular weight is 285 g/mol. The maximum absolute atomic E-state index is 11.8. The summed E-state index contributed by atoms with van der Waals surface area (Å²) in [4.78, 5) is 18.1. The first-order valence-electron chi connectivity index (χ1n) is 6.70. The Hall–Kier alpha value is -2.56. The first-order valence-corrected chi connectivity index (χ1v) is 6.70. The lowest BCUT2D eigenvalue weighted by Gasteiger charge is -2.21. The first kappa shape index (κ1) is 14.8. The molecule has 0 fully saturated rings. The minimum Gasteiger partial charge on any atom is -0.465 e. The monoisotopic (exact) mass is 285 g/mol. The van der Waals surface area contributed by atoms with Crippen LogP contribution in [0.1, 0.15) is 16.1 Å². The van der Waals surface area contributed by atoms with E-state index < -0.39 is 0 Å². The van der Waals surface area contributed by atoms with Gasteiger partial charge < -0.3 is 15.4 Å². The van der Waals surface area contributed by atoms with Gasteiger partial charge in [0, 0.05) is 37.6 Å². The fourth-order valence-electron chi connectivity index (χ4n) is 2.11. The molecule has 0 unspecified atom stereocenters. The number of anilines is 2. The Kier molecular flexibility index (Phi) is 4.77. The molecule has 0 atom stereocenters. The van der Waals surface area contributed by atoms with Crippen molar-refractivity contribution in [3.8, 4) is 0 Å². The predicted molar refractivity (Wildman–Crippen MR) is 83.4 cm³/mol. The molecule has 5 nitrogen and oxygen atoms in total. The van der Waals surface area contributed by atoms with Crippen molar-refractivity contribution in [1.29, 1.82) is 0 Å². The average Bonchev–Trinajstić information content (AvgIpc) is 2.52. The predicted octanol–water partition coefficient (Wildman–Crippen LogP) is 2.13. The Balaban J connectivity index is 2.15. The van der Waals surface area contributed by atoms with Gasteiger partial charge in [-0.2, -0.15) is 0 Å². The normalized spacial score (nSPS) is 10.2. The minimum atomic E-state index is -0.387. The Labute approximate surface area is 124 Å². The fraction of sp³-hybridized carbons (Fsp3) is 0.250. The summed E-state index contributed by atoms with van der Waals surface area (Å²) >= 11 is 0. The van der Waals surface area contributed by atoms with Crippen molar-refractivity contribution in [1.82, 2.24) is 4.98 Å². The summed E-state index contributed by atoms with van der Waals surface area (Å²) in [7, 11) is 3.30. The summed E-state index contributed by atoms with van der Waals surface area (Å²) in [6, 6.07) is 11.1. The number of hydrogen-bond donors (Lipinski definition) is 1. The van der Waals surface area contributed by atoms with E-state index in [2.05, 4.69) is 4.98 Å². The molecule has 0 aliphatic heterocycles. The number of ether oxygens (including phenoxy) is 1. The topological polar surface area (TPSA) is 68.5 Å². The van der Waals surface area contributed by atoms with E-state index in [9.17, 15) is 4.79 Å². The number of likely N-dealkylation sites (N-methyl/N-ethyl adjacent to an activating group) is 1. The van der Waals surface area contributed by atoms with E-state index in [1.165, 1.54) is 7.11 Å². The van der Waals surface area contributed by atoms with Crippen LogP contribution in [0.2, 0.25) is 0 Å². The van der Waals surface area contributed by atoms with Crippen LogP contribution in [-0.4, -0.2) is 31.7 Å². The van der Waals surface area contributed by atoms with Crippen molar-refractivity contribution in [3.05, 3.63) is 53.9 Å². The Bertz CT molecular complexity index is 614. The summed E-state index contributed by atoms with van der Waals surface area (Å²) in [5.41, 5.74) is 8.57. The SMILES string of the molecule is COC(=O)c1cc(N)ccc1N(C)CCc1ccccn1. The molecule has 2 N–H and O–H groups in total. The number of carbonyl (C=O) groups is 1. The summed E-state index contributed by atoms with van der Waals surface area (Å²) in [5, 5.41) is 0.